The number of methoxy groups -OCH3 is 1. The van der Waals surface area contributed by atoms with Crippen LogP contribution < -0.4 is 5.32 Å². The molecular weight excluding hydrogens is 428 g/mol. The number of carbonyl (C=O) groups is 2. The lowest BCUT2D eigenvalue weighted by Crippen LogP contribution is -2.48. The highest BCUT2D eigenvalue weighted by molar-refractivity contribution is 5.89. The van der Waals surface area contributed by atoms with Gasteiger partial charge in [0.25, 0.3) is 0 Å². The summed E-state index contributed by atoms with van der Waals surface area (Å²) in [5.74, 6) is -0.278. The lowest BCUT2D eigenvalue weighted by molar-refractivity contribution is -0.142. The number of nitrogens with zero attached hydrogens (tertiary/aromatic N) is 3. The number of rotatable bonds is 9. The number of hydrogen-bond donors (Lipinski definition) is 1. The summed E-state index contributed by atoms with van der Waals surface area (Å²) < 4.78 is 7.15. The molecule has 1 heterocycles. The standard InChI is InChI=1S/C27H34N4O3/c1-20-12-14-21(15-13-20)26(27(33)29-22-8-4-3-5-9-22)31(16-17-34-2)25(32)18-30-19-28-23-10-6-7-11-24(23)30/h6-7,10-15,19,22,26H,3-5,8-9,16-18H2,1-2H3,(H,29,33)/t26-/m0/s1. The highest BCUT2D eigenvalue weighted by Crippen LogP contribution is 2.25. The van der Waals surface area contributed by atoms with E-state index < -0.39 is 6.04 Å². The molecule has 0 aliphatic heterocycles. The van der Waals surface area contributed by atoms with Crippen molar-refractivity contribution < 1.29 is 14.3 Å². The Bertz CT molecular complexity index is 1100. The quantitative estimate of drug-likeness (QED) is 0.521. The fourth-order valence-corrected chi connectivity index (χ4v) is 4.71. The first-order valence-corrected chi connectivity index (χ1v) is 12.1. The first kappa shape index (κ1) is 24.0. The Balaban J connectivity index is 1.63. The number of aromatic nitrogens is 2. The van der Waals surface area contributed by atoms with Crippen LogP contribution in [0, 0.1) is 6.92 Å². The summed E-state index contributed by atoms with van der Waals surface area (Å²) in [5, 5.41) is 3.24. The average Bonchev–Trinajstić information content (AvgIpc) is 3.26. The zero-order chi connectivity index (χ0) is 23.9. The third kappa shape index (κ3) is 5.65. The van der Waals surface area contributed by atoms with E-state index in [1.165, 1.54) is 6.42 Å². The van der Waals surface area contributed by atoms with Crippen molar-refractivity contribution >= 4 is 22.8 Å². The molecule has 7 heteroatoms. The van der Waals surface area contributed by atoms with Gasteiger partial charge in [-0.05, 0) is 37.5 Å². The summed E-state index contributed by atoms with van der Waals surface area (Å²) in [6.07, 6.45) is 7.12. The van der Waals surface area contributed by atoms with Crippen LogP contribution in [0.25, 0.3) is 11.0 Å². The molecule has 1 aromatic heterocycles. The Hall–Kier alpha value is -3.19. The Morgan fingerprint density at radius 3 is 2.59 bits per heavy atom. The van der Waals surface area contributed by atoms with Crippen LogP contribution in [0.2, 0.25) is 0 Å². The molecule has 7 nitrogen and oxygen atoms in total. The summed E-state index contributed by atoms with van der Waals surface area (Å²) in [7, 11) is 1.61. The summed E-state index contributed by atoms with van der Waals surface area (Å²) in [6, 6.07) is 15.0. The van der Waals surface area contributed by atoms with Crippen LogP contribution in [0.1, 0.15) is 49.3 Å². The number of aryl methyl sites for hydroxylation is 1. The van der Waals surface area contributed by atoms with Crippen molar-refractivity contribution in [2.24, 2.45) is 0 Å². The number of ether oxygens (including phenoxy) is 1. The van der Waals surface area contributed by atoms with Gasteiger partial charge in [-0.25, -0.2) is 4.98 Å². The third-order valence-electron chi connectivity index (χ3n) is 6.59. The summed E-state index contributed by atoms with van der Waals surface area (Å²) in [6.45, 7) is 2.77. The largest absolute Gasteiger partial charge is 0.383 e. The van der Waals surface area contributed by atoms with E-state index >= 15 is 0 Å². The normalized spacial score (nSPS) is 15.2. The number of carbonyl (C=O) groups excluding carboxylic acids is 2. The van der Waals surface area contributed by atoms with Crippen LogP contribution in [0.5, 0.6) is 0 Å². The van der Waals surface area contributed by atoms with Crippen LogP contribution in [0.3, 0.4) is 0 Å². The summed E-state index contributed by atoms with van der Waals surface area (Å²) in [5.41, 5.74) is 3.64. The molecule has 1 fully saturated rings. The second kappa shape index (κ2) is 11.3. The lowest BCUT2D eigenvalue weighted by Gasteiger charge is -2.33. The maximum atomic E-state index is 13.7. The monoisotopic (exact) mass is 462 g/mol. The molecule has 1 N–H and O–H groups in total. The molecule has 3 aromatic rings. The number of imidazole rings is 1. The second-order valence-electron chi connectivity index (χ2n) is 9.10. The van der Waals surface area contributed by atoms with E-state index in [0.29, 0.717) is 13.2 Å². The molecule has 1 saturated carbocycles. The van der Waals surface area contributed by atoms with Crippen LogP contribution >= 0.6 is 0 Å². The van der Waals surface area contributed by atoms with Crippen molar-refractivity contribution in [3.05, 3.63) is 66.0 Å². The molecule has 34 heavy (non-hydrogen) atoms. The zero-order valence-corrected chi connectivity index (χ0v) is 20.1. The van der Waals surface area contributed by atoms with E-state index in [1.54, 1.807) is 18.3 Å². The second-order valence-corrected chi connectivity index (χ2v) is 9.10. The van der Waals surface area contributed by atoms with Gasteiger partial charge in [0.05, 0.1) is 24.0 Å². The molecule has 0 saturated heterocycles. The van der Waals surface area contributed by atoms with Gasteiger partial charge in [0.15, 0.2) is 0 Å². The van der Waals surface area contributed by atoms with Gasteiger partial charge in [0, 0.05) is 19.7 Å². The van der Waals surface area contributed by atoms with Crippen LogP contribution in [-0.2, 0) is 20.9 Å². The minimum absolute atomic E-state index is 0.100. The van der Waals surface area contributed by atoms with Crippen molar-refractivity contribution in [3.8, 4) is 0 Å². The van der Waals surface area contributed by atoms with Gasteiger partial charge in [-0.3, -0.25) is 9.59 Å². The first-order chi connectivity index (χ1) is 16.6. The minimum Gasteiger partial charge on any atom is -0.383 e. The number of benzene rings is 2. The average molecular weight is 463 g/mol. The van der Waals surface area contributed by atoms with Gasteiger partial charge >= 0.3 is 0 Å². The molecule has 0 spiro atoms. The van der Waals surface area contributed by atoms with Crippen molar-refractivity contribution in [2.45, 2.75) is 57.7 Å². The van der Waals surface area contributed by atoms with Gasteiger partial charge in [-0.15, -0.1) is 0 Å². The van der Waals surface area contributed by atoms with E-state index in [0.717, 1.165) is 47.8 Å². The molecule has 2 aromatic carbocycles. The molecule has 1 aliphatic rings. The van der Waals surface area contributed by atoms with E-state index in [-0.39, 0.29) is 24.4 Å². The van der Waals surface area contributed by atoms with Gasteiger partial charge in [0.1, 0.15) is 12.6 Å². The van der Waals surface area contributed by atoms with E-state index in [9.17, 15) is 9.59 Å². The Morgan fingerprint density at radius 2 is 1.85 bits per heavy atom. The molecule has 180 valence electrons. The van der Waals surface area contributed by atoms with Crippen LogP contribution in [0.15, 0.2) is 54.9 Å². The Kier molecular flexibility index (Phi) is 7.95. The van der Waals surface area contributed by atoms with Crippen molar-refractivity contribution in [3.63, 3.8) is 0 Å². The van der Waals surface area contributed by atoms with Gasteiger partial charge in [0.2, 0.25) is 11.8 Å². The minimum atomic E-state index is -0.722. The third-order valence-corrected chi connectivity index (χ3v) is 6.59. The van der Waals surface area contributed by atoms with Gasteiger partial charge in [-0.2, -0.15) is 0 Å². The molecule has 1 aliphatic carbocycles. The number of amides is 2. The predicted molar refractivity (Wildman–Crippen MR) is 132 cm³/mol. The molecular formula is C27H34N4O3. The maximum Gasteiger partial charge on any atom is 0.247 e. The number of fused-ring (bicyclic) bond motifs is 1. The molecule has 0 bridgehead atoms. The van der Waals surface area contributed by atoms with Crippen LogP contribution in [-0.4, -0.2) is 52.6 Å². The molecule has 2 amide bonds. The summed E-state index contributed by atoms with van der Waals surface area (Å²) >= 11 is 0. The van der Waals surface area contributed by atoms with E-state index in [4.69, 9.17) is 4.74 Å². The van der Waals surface area contributed by atoms with Gasteiger partial charge in [-0.1, -0.05) is 61.2 Å². The molecule has 0 unspecified atom stereocenters. The maximum absolute atomic E-state index is 13.7. The lowest BCUT2D eigenvalue weighted by atomic mass is 9.94. The highest BCUT2D eigenvalue weighted by Gasteiger charge is 2.33. The number of nitrogens with one attached hydrogen (secondary N) is 1. The van der Waals surface area contributed by atoms with Crippen molar-refractivity contribution in [2.75, 3.05) is 20.3 Å². The van der Waals surface area contributed by atoms with E-state index in [2.05, 4.69) is 10.3 Å². The van der Waals surface area contributed by atoms with Gasteiger partial charge < -0.3 is 19.5 Å². The molecule has 1 atom stereocenters. The number of hydrogen-bond acceptors (Lipinski definition) is 4. The van der Waals surface area contributed by atoms with Crippen molar-refractivity contribution in [1.29, 1.82) is 0 Å². The summed E-state index contributed by atoms with van der Waals surface area (Å²) in [4.78, 5) is 33.4. The van der Waals surface area contributed by atoms with Crippen molar-refractivity contribution in [1.82, 2.24) is 19.8 Å². The SMILES string of the molecule is COCCN(C(=O)Cn1cnc2ccccc21)[C@H](C(=O)NC1CCCCC1)c1ccc(C)cc1. The molecule has 0 radical (unpaired) electrons. The highest BCUT2D eigenvalue weighted by atomic mass is 16.5. The smallest absolute Gasteiger partial charge is 0.247 e. The fraction of sp³-hybridized carbons (Fsp3) is 0.444. The topological polar surface area (TPSA) is 76.5 Å². The fourth-order valence-electron chi connectivity index (χ4n) is 4.71. The van der Waals surface area contributed by atoms with E-state index in [1.807, 2.05) is 60.0 Å². The van der Waals surface area contributed by atoms with Crippen LogP contribution in [0.4, 0.5) is 0 Å². The predicted octanol–water partition coefficient (Wildman–Crippen LogP) is 4.01. The number of para-hydroxylation sites is 2. The first-order valence-electron chi connectivity index (χ1n) is 12.1. The Morgan fingerprint density at radius 1 is 1.12 bits per heavy atom. The zero-order valence-electron chi connectivity index (χ0n) is 20.1. The Labute approximate surface area is 201 Å². The molecule has 4 rings (SSSR count).